The van der Waals surface area contributed by atoms with Gasteiger partial charge in [-0.2, -0.15) is 0 Å². The Hall–Kier alpha value is -3.02. The molecule has 0 saturated heterocycles. The molecular formula is C22H16ClN3OS. The summed E-state index contributed by atoms with van der Waals surface area (Å²) < 4.78 is 0. The largest absolute Gasteiger partial charge is 0.338 e. The van der Waals surface area contributed by atoms with E-state index < -0.39 is 0 Å². The number of halogens is 1. The normalized spacial score (nSPS) is 11.8. The molecule has 0 radical (unpaired) electrons. The van der Waals surface area contributed by atoms with Crippen molar-refractivity contribution in [1.29, 1.82) is 0 Å². The molecular weight excluding hydrogens is 390 g/mol. The maximum Gasteiger partial charge on any atom is 0.271 e. The SMILES string of the molecule is O=C(NC(c1ccccc1)c1ccccn1)c1csc(-c2cccc(Cl)c2)n1. The zero-order chi connectivity index (χ0) is 19.3. The minimum absolute atomic E-state index is 0.246. The predicted octanol–water partition coefficient (Wildman–Crippen LogP) is 5.38. The Labute approximate surface area is 171 Å². The Balaban J connectivity index is 1.60. The van der Waals surface area contributed by atoms with Gasteiger partial charge in [0, 0.05) is 22.2 Å². The molecule has 1 atom stereocenters. The molecule has 4 aromatic rings. The second-order valence-corrected chi connectivity index (χ2v) is 7.41. The van der Waals surface area contributed by atoms with Crippen molar-refractivity contribution in [3.05, 3.63) is 106 Å². The van der Waals surface area contributed by atoms with E-state index in [1.807, 2.05) is 72.8 Å². The van der Waals surface area contributed by atoms with Crippen molar-refractivity contribution < 1.29 is 4.79 Å². The molecule has 1 N–H and O–H groups in total. The van der Waals surface area contributed by atoms with Crippen LogP contribution >= 0.6 is 22.9 Å². The summed E-state index contributed by atoms with van der Waals surface area (Å²) in [5, 5.41) is 6.20. The summed E-state index contributed by atoms with van der Waals surface area (Å²) in [5.74, 6) is -0.246. The van der Waals surface area contributed by atoms with Gasteiger partial charge in [-0.3, -0.25) is 9.78 Å². The fourth-order valence-corrected chi connectivity index (χ4v) is 3.84. The Kier molecular flexibility index (Phi) is 5.46. The summed E-state index contributed by atoms with van der Waals surface area (Å²) in [4.78, 5) is 21.8. The van der Waals surface area contributed by atoms with Crippen LogP contribution in [0, 0.1) is 0 Å². The topological polar surface area (TPSA) is 54.9 Å². The monoisotopic (exact) mass is 405 g/mol. The van der Waals surface area contributed by atoms with Gasteiger partial charge >= 0.3 is 0 Å². The highest BCUT2D eigenvalue weighted by atomic mass is 35.5. The maximum atomic E-state index is 12.9. The van der Waals surface area contributed by atoms with Gasteiger partial charge in [0.25, 0.3) is 5.91 Å². The van der Waals surface area contributed by atoms with Gasteiger partial charge in [0.2, 0.25) is 0 Å². The molecule has 2 aromatic heterocycles. The van der Waals surface area contributed by atoms with Crippen LogP contribution in [0.25, 0.3) is 10.6 Å². The summed E-state index contributed by atoms with van der Waals surface area (Å²) in [6, 6.07) is 22.5. The van der Waals surface area contributed by atoms with Crippen LogP contribution in [0.2, 0.25) is 5.02 Å². The first kappa shape index (κ1) is 18.3. The van der Waals surface area contributed by atoms with Crippen molar-refractivity contribution in [3.8, 4) is 10.6 Å². The zero-order valence-corrected chi connectivity index (χ0v) is 16.3. The van der Waals surface area contributed by atoms with Crippen molar-refractivity contribution in [2.24, 2.45) is 0 Å². The van der Waals surface area contributed by atoms with Gasteiger partial charge in [-0.1, -0.05) is 60.1 Å². The summed E-state index contributed by atoms with van der Waals surface area (Å²) in [6.45, 7) is 0. The molecule has 28 heavy (non-hydrogen) atoms. The first-order valence-corrected chi connectivity index (χ1v) is 9.94. The Morgan fingerprint density at radius 1 is 1.00 bits per heavy atom. The molecule has 0 aliphatic heterocycles. The minimum Gasteiger partial charge on any atom is -0.338 e. The van der Waals surface area contributed by atoms with E-state index in [2.05, 4.69) is 15.3 Å². The van der Waals surface area contributed by atoms with Crippen molar-refractivity contribution in [2.45, 2.75) is 6.04 Å². The van der Waals surface area contributed by atoms with Crippen LogP contribution in [0.1, 0.15) is 27.8 Å². The number of pyridine rings is 1. The third-order valence-electron chi connectivity index (χ3n) is 4.20. The smallest absolute Gasteiger partial charge is 0.271 e. The Morgan fingerprint density at radius 2 is 1.82 bits per heavy atom. The highest BCUT2D eigenvalue weighted by Crippen LogP contribution is 2.27. The van der Waals surface area contributed by atoms with Crippen LogP contribution in [-0.2, 0) is 0 Å². The predicted molar refractivity (Wildman–Crippen MR) is 113 cm³/mol. The quantitative estimate of drug-likeness (QED) is 0.485. The van der Waals surface area contributed by atoms with Gasteiger partial charge in [-0.25, -0.2) is 4.98 Å². The van der Waals surface area contributed by atoms with Crippen LogP contribution in [0.5, 0.6) is 0 Å². The van der Waals surface area contributed by atoms with E-state index in [4.69, 9.17) is 11.6 Å². The number of hydrogen-bond acceptors (Lipinski definition) is 4. The van der Waals surface area contributed by atoms with E-state index in [-0.39, 0.29) is 11.9 Å². The minimum atomic E-state index is -0.355. The third kappa shape index (κ3) is 4.11. The lowest BCUT2D eigenvalue weighted by atomic mass is 10.0. The lowest BCUT2D eigenvalue weighted by Crippen LogP contribution is -2.30. The van der Waals surface area contributed by atoms with E-state index >= 15 is 0 Å². The van der Waals surface area contributed by atoms with E-state index in [1.54, 1.807) is 11.6 Å². The van der Waals surface area contributed by atoms with Gasteiger partial charge in [0.1, 0.15) is 10.7 Å². The fourth-order valence-electron chi connectivity index (χ4n) is 2.86. The highest BCUT2D eigenvalue weighted by Gasteiger charge is 2.20. The van der Waals surface area contributed by atoms with E-state index in [0.29, 0.717) is 10.7 Å². The number of benzene rings is 2. The van der Waals surface area contributed by atoms with Crippen molar-refractivity contribution in [1.82, 2.24) is 15.3 Å². The van der Waals surface area contributed by atoms with Crippen molar-refractivity contribution in [3.63, 3.8) is 0 Å². The molecule has 0 aliphatic carbocycles. The molecule has 2 aromatic carbocycles. The summed E-state index contributed by atoms with van der Waals surface area (Å²) >= 11 is 7.47. The Bertz CT molecular complexity index is 1040. The molecule has 0 bridgehead atoms. The maximum absolute atomic E-state index is 12.9. The van der Waals surface area contributed by atoms with Gasteiger partial charge in [-0.15, -0.1) is 11.3 Å². The molecule has 4 rings (SSSR count). The van der Waals surface area contributed by atoms with Crippen LogP contribution in [0.3, 0.4) is 0 Å². The summed E-state index contributed by atoms with van der Waals surface area (Å²) in [6.07, 6.45) is 1.72. The molecule has 1 unspecified atom stereocenters. The van der Waals surface area contributed by atoms with E-state index in [1.165, 1.54) is 11.3 Å². The molecule has 0 aliphatic rings. The molecule has 4 nitrogen and oxygen atoms in total. The second-order valence-electron chi connectivity index (χ2n) is 6.12. The standard InChI is InChI=1S/C22H16ClN3OS/c23-17-10-6-9-16(13-17)22-25-19(14-28-22)21(27)26-20(15-7-2-1-3-8-15)18-11-4-5-12-24-18/h1-14,20H,(H,26,27). The number of hydrogen-bond donors (Lipinski definition) is 1. The third-order valence-corrected chi connectivity index (χ3v) is 5.33. The van der Waals surface area contributed by atoms with Gasteiger partial charge in [-0.05, 0) is 29.8 Å². The number of carbonyl (C=O) groups is 1. The van der Waals surface area contributed by atoms with E-state index in [9.17, 15) is 4.79 Å². The van der Waals surface area contributed by atoms with Gasteiger partial charge < -0.3 is 5.32 Å². The van der Waals surface area contributed by atoms with Crippen molar-refractivity contribution >= 4 is 28.8 Å². The van der Waals surface area contributed by atoms with Gasteiger partial charge in [0.15, 0.2) is 0 Å². The van der Waals surface area contributed by atoms with E-state index in [0.717, 1.165) is 21.8 Å². The average Bonchev–Trinajstić information content (AvgIpc) is 3.24. The van der Waals surface area contributed by atoms with Gasteiger partial charge in [0.05, 0.1) is 11.7 Å². The average molecular weight is 406 g/mol. The molecule has 0 spiro atoms. The molecule has 0 saturated carbocycles. The second kappa shape index (κ2) is 8.33. The number of carbonyl (C=O) groups excluding carboxylic acids is 1. The lowest BCUT2D eigenvalue weighted by molar-refractivity contribution is 0.0938. The number of amides is 1. The molecule has 6 heteroatoms. The number of rotatable bonds is 5. The Morgan fingerprint density at radius 3 is 2.57 bits per heavy atom. The molecule has 138 valence electrons. The number of thiazole rings is 1. The molecule has 2 heterocycles. The first-order valence-electron chi connectivity index (χ1n) is 8.69. The first-order chi connectivity index (χ1) is 13.7. The van der Waals surface area contributed by atoms with Crippen LogP contribution in [0.4, 0.5) is 0 Å². The van der Waals surface area contributed by atoms with Crippen LogP contribution in [-0.4, -0.2) is 15.9 Å². The van der Waals surface area contributed by atoms with Crippen molar-refractivity contribution in [2.75, 3.05) is 0 Å². The summed E-state index contributed by atoms with van der Waals surface area (Å²) in [5.41, 5.74) is 2.99. The number of nitrogens with one attached hydrogen (secondary N) is 1. The summed E-state index contributed by atoms with van der Waals surface area (Å²) in [7, 11) is 0. The molecule has 1 amide bonds. The fraction of sp³-hybridized carbons (Fsp3) is 0.0455. The zero-order valence-electron chi connectivity index (χ0n) is 14.7. The number of nitrogens with zero attached hydrogens (tertiary/aromatic N) is 2. The molecule has 0 fully saturated rings. The number of aromatic nitrogens is 2. The van der Waals surface area contributed by atoms with Crippen LogP contribution in [0.15, 0.2) is 84.4 Å². The van der Waals surface area contributed by atoms with Crippen LogP contribution < -0.4 is 5.32 Å². The lowest BCUT2D eigenvalue weighted by Gasteiger charge is -2.18. The highest BCUT2D eigenvalue weighted by molar-refractivity contribution is 7.13.